The van der Waals surface area contributed by atoms with Gasteiger partial charge < -0.3 is 26.8 Å². The number of likely N-dealkylation sites (N-methyl/N-ethyl adjacent to an activating group) is 1. The van der Waals surface area contributed by atoms with Gasteiger partial charge in [0.15, 0.2) is 11.5 Å². The van der Waals surface area contributed by atoms with E-state index < -0.39 is 10.0 Å². The lowest BCUT2D eigenvalue weighted by atomic mass is 10.2. The Balaban J connectivity index is 0.00000300. The molecule has 2 aromatic carbocycles. The van der Waals surface area contributed by atoms with Crippen molar-refractivity contribution in [3.63, 3.8) is 0 Å². The largest absolute Gasteiger partial charge is 1.00 e. The molecular formula is C20H25Cl2N2O4S-. The highest BCUT2D eigenvalue weighted by atomic mass is 35.5. The molecule has 0 aromatic heterocycles. The quantitative estimate of drug-likeness (QED) is 0.579. The Kier molecular flexibility index (Phi) is 8.46. The number of hydrogen-bond donors (Lipinski definition) is 0. The Bertz CT molecular complexity index is 903. The average molecular weight is 460 g/mol. The highest BCUT2D eigenvalue weighted by Crippen LogP contribution is 2.35. The Labute approximate surface area is 183 Å². The van der Waals surface area contributed by atoms with Crippen molar-refractivity contribution in [3.05, 3.63) is 47.5 Å². The van der Waals surface area contributed by atoms with Crippen LogP contribution in [-0.4, -0.2) is 52.7 Å². The minimum Gasteiger partial charge on any atom is -1.00 e. The predicted molar refractivity (Wildman–Crippen MR) is 111 cm³/mol. The first-order chi connectivity index (χ1) is 13.5. The van der Waals surface area contributed by atoms with Crippen molar-refractivity contribution in [1.29, 1.82) is 0 Å². The molecule has 0 aliphatic carbocycles. The second kappa shape index (κ2) is 10.4. The van der Waals surface area contributed by atoms with Gasteiger partial charge in [-0.1, -0.05) is 25.4 Å². The molecular weight excluding hydrogens is 435 g/mol. The molecule has 0 bridgehead atoms. The van der Waals surface area contributed by atoms with Crippen LogP contribution in [0, 0.1) is 0 Å². The molecule has 6 nitrogen and oxygen atoms in total. The second-order valence-corrected chi connectivity index (χ2v) is 8.68. The van der Waals surface area contributed by atoms with E-state index in [4.69, 9.17) is 21.1 Å². The maximum Gasteiger partial charge on any atom is 0.264 e. The Morgan fingerprint density at radius 2 is 1.55 bits per heavy atom. The van der Waals surface area contributed by atoms with E-state index in [2.05, 4.69) is 18.7 Å². The van der Waals surface area contributed by atoms with E-state index >= 15 is 0 Å². The molecule has 0 radical (unpaired) electrons. The van der Waals surface area contributed by atoms with E-state index in [-0.39, 0.29) is 17.3 Å². The fourth-order valence-electron chi connectivity index (χ4n) is 3.08. The van der Waals surface area contributed by atoms with Crippen LogP contribution in [0.15, 0.2) is 47.4 Å². The molecule has 1 heterocycles. The summed E-state index contributed by atoms with van der Waals surface area (Å²) in [5.74, 6) is 1.19. The minimum atomic E-state index is -3.76. The van der Waals surface area contributed by atoms with Crippen molar-refractivity contribution in [1.82, 2.24) is 4.90 Å². The highest BCUT2D eigenvalue weighted by Gasteiger charge is 2.26. The van der Waals surface area contributed by atoms with Gasteiger partial charge in [0.2, 0.25) is 0 Å². The van der Waals surface area contributed by atoms with E-state index in [0.29, 0.717) is 48.5 Å². The number of nitrogens with zero attached hydrogens (tertiary/aromatic N) is 2. The monoisotopic (exact) mass is 459 g/mol. The normalized spacial score (nSPS) is 13.1. The van der Waals surface area contributed by atoms with Gasteiger partial charge in [-0.3, -0.25) is 4.31 Å². The number of halogens is 2. The summed E-state index contributed by atoms with van der Waals surface area (Å²) in [6.45, 7) is 7.71. The van der Waals surface area contributed by atoms with Crippen LogP contribution in [0.4, 0.5) is 5.69 Å². The number of hydrogen-bond acceptors (Lipinski definition) is 5. The molecule has 29 heavy (non-hydrogen) atoms. The van der Waals surface area contributed by atoms with Gasteiger partial charge in [-0.25, -0.2) is 8.42 Å². The molecule has 0 atom stereocenters. The van der Waals surface area contributed by atoms with Crippen LogP contribution in [0.25, 0.3) is 0 Å². The summed E-state index contributed by atoms with van der Waals surface area (Å²) in [6.07, 6.45) is 0. The average Bonchev–Trinajstić information content (AvgIpc) is 2.71. The zero-order valence-electron chi connectivity index (χ0n) is 16.5. The Morgan fingerprint density at radius 3 is 2.17 bits per heavy atom. The lowest BCUT2D eigenvalue weighted by Crippen LogP contribution is -3.00. The van der Waals surface area contributed by atoms with Crippen LogP contribution in [0.5, 0.6) is 11.5 Å². The van der Waals surface area contributed by atoms with E-state index in [1.165, 1.54) is 16.4 Å². The van der Waals surface area contributed by atoms with Crippen LogP contribution in [0.2, 0.25) is 5.02 Å². The number of anilines is 1. The molecule has 0 unspecified atom stereocenters. The third-order valence-electron chi connectivity index (χ3n) is 4.73. The molecule has 0 fully saturated rings. The summed E-state index contributed by atoms with van der Waals surface area (Å²) in [7, 11) is -3.76. The van der Waals surface area contributed by atoms with Crippen LogP contribution in [0.3, 0.4) is 0 Å². The second-order valence-electron chi connectivity index (χ2n) is 6.39. The van der Waals surface area contributed by atoms with Crippen molar-refractivity contribution in [2.75, 3.05) is 43.7 Å². The van der Waals surface area contributed by atoms with Gasteiger partial charge in [0, 0.05) is 24.2 Å². The summed E-state index contributed by atoms with van der Waals surface area (Å²) in [5.41, 5.74) is 0.548. The smallest absolute Gasteiger partial charge is 0.264 e. The lowest BCUT2D eigenvalue weighted by molar-refractivity contribution is -0.00000863. The van der Waals surface area contributed by atoms with E-state index in [1.807, 2.05) is 0 Å². The minimum absolute atomic E-state index is 0. The summed E-state index contributed by atoms with van der Waals surface area (Å²) >= 11 is 5.93. The van der Waals surface area contributed by atoms with Crippen LogP contribution in [0.1, 0.15) is 13.8 Å². The Morgan fingerprint density at radius 1 is 0.931 bits per heavy atom. The van der Waals surface area contributed by atoms with Crippen molar-refractivity contribution in [2.24, 2.45) is 0 Å². The van der Waals surface area contributed by atoms with Crippen molar-refractivity contribution < 1.29 is 30.3 Å². The molecule has 0 saturated carbocycles. The maximum absolute atomic E-state index is 13.4. The topological polar surface area (TPSA) is 59.1 Å². The number of fused-ring (bicyclic) bond motifs is 1. The molecule has 0 N–H and O–H groups in total. The molecule has 2 aromatic rings. The Hall–Kier alpha value is -1.67. The van der Waals surface area contributed by atoms with Gasteiger partial charge in [-0.2, -0.15) is 0 Å². The van der Waals surface area contributed by atoms with E-state index in [0.717, 1.165) is 13.1 Å². The molecule has 0 saturated heterocycles. The zero-order chi connectivity index (χ0) is 20.1. The van der Waals surface area contributed by atoms with Gasteiger partial charge in [0.25, 0.3) is 10.0 Å². The van der Waals surface area contributed by atoms with Gasteiger partial charge in [-0.05, 0) is 49.5 Å². The molecule has 9 heteroatoms. The molecule has 3 rings (SSSR count). The fourth-order valence-corrected chi connectivity index (χ4v) is 4.65. The van der Waals surface area contributed by atoms with Crippen LogP contribution in [-0.2, 0) is 10.0 Å². The molecule has 1 aliphatic heterocycles. The first-order valence-electron chi connectivity index (χ1n) is 9.36. The standard InChI is InChI=1S/C20H25ClN2O4S.ClH/c1-3-22(4-2)11-12-23(28(24,25)18-8-5-16(21)6-9-18)17-7-10-19-20(15-17)27-14-13-26-19;/h5-10,15H,3-4,11-14H2,1-2H3;1H/p-1. The molecule has 1 aliphatic rings. The number of rotatable bonds is 8. The summed E-state index contributed by atoms with van der Waals surface area (Å²) < 4.78 is 39.4. The SMILES string of the molecule is CCN(CC)CCN(c1ccc2c(c1)OCCO2)S(=O)(=O)c1ccc(Cl)cc1.[Cl-]. The summed E-state index contributed by atoms with van der Waals surface area (Å²) in [5, 5.41) is 0.493. The third kappa shape index (κ3) is 5.48. The molecule has 0 spiro atoms. The van der Waals surface area contributed by atoms with Gasteiger partial charge >= 0.3 is 0 Å². The van der Waals surface area contributed by atoms with Gasteiger partial charge in [-0.15, -0.1) is 0 Å². The van der Waals surface area contributed by atoms with E-state index in [1.54, 1.807) is 30.3 Å². The number of sulfonamides is 1. The fraction of sp³-hybridized carbons (Fsp3) is 0.400. The van der Waals surface area contributed by atoms with E-state index in [9.17, 15) is 8.42 Å². The van der Waals surface area contributed by atoms with Crippen LogP contribution >= 0.6 is 11.6 Å². The van der Waals surface area contributed by atoms with Crippen molar-refractivity contribution >= 4 is 27.3 Å². The zero-order valence-corrected chi connectivity index (χ0v) is 18.8. The lowest BCUT2D eigenvalue weighted by Gasteiger charge is -2.29. The number of benzene rings is 2. The number of ether oxygens (including phenoxy) is 2. The predicted octanol–water partition coefficient (Wildman–Crippen LogP) is 0.652. The van der Waals surface area contributed by atoms with Crippen molar-refractivity contribution in [2.45, 2.75) is 18.7 Å². The van der Waals surface area contributed by atoms with Gasteiger partial charge in [0.05, 0.1) is 10.6 Å². The first-order valence-corrected chi connectivity index (χ1v) is 11.2. The first kappa shape index (κ1) is 23.6. The van der Waals surface area contributed by atoms with Gasteiger partial charge in [0.1, 0.15) is 13.2 Å². The molecule has 0 amide bonds. The molecule has 160 valence electrons. The highest BCUT2D eigenvalue weighted by molar-refractivity contribution is 7.92. The maximum atomic E-state index is 13.4. The van der Waals surface area contributed by atoms with Crippen molar-refractivity contribution in [3.8, 4) is 11.5 Å². The summed E-state index contributed by atoms with van der Waals surface area (Å²) in [4.78, 5) is 2.38. The summed E-state index contributed by atoms with van der Waals surface area (Å²) in [6, 6.07) is 11.5. The van der Waals surface area contributed by atoms with Crippen LogP contribution < -0.4 is 26.2 Å². The third-order valence-corrected chi connectivity index (χ3v) is 6.82.